The largest absolute Gasteiger partial charge is 0.573 e. The molecule has 1 aromatic carbocycles. The molecular weight excluding hydrogens is 243 g/mol. The smallest absolute Gasteiger partial charge is 0.406 e. The molecule has 1 aliphatic rings. The van der Waals surface area contributed by atoms with Crippen LogP contribution in [-0.2, 0) is 0 Å². The first-order chi connectivity index (χ1) is 8.46. The van der Waals surface area contributed by atoms with Crippen LogP contribution in [0.4, 0.5) is 13.2 Å². The van der Waals surface area contributed by atoms with Gasteiger partial charge in [-0.3, -0.25) is 0 Å². The van der Waals surface area contributed by atoms with Gasteiger partial charge < -0.3 is 10.1 Å². The van der Waals surface area contributed by atoms with Crippen molar-refractivity contribution in [1.29, 1.82) is 0 Å². The summed E-state index contributed by atoms with van der Waals surface area (Å²) in [5, 5.41) is 3.38. The Morgan fingerprint density at radius 2 is 2.06 bits per heavy atom. The molecule has 0 amide bonds. The number of nitrogens with one attached hydrogen (secondary N) is 1. The summed E-state index contributed by atoms with van der Waals surface area (Å²) >= 11 is 0. The highest BCUT2D eigenvalue weighted by Crippen LogP contribution is 2.30. The molecule has 5 heteroatoms. The molecule has 0 aromatic heterocycles. The summed E-state index contributed by atoms with van der Waals surface area (Å²) in [7, 11) is 0. The van der Waals surface area contributed by atoms with E-state index >= 15 is 0 Å². The van der Waals surface area contributed by atoms with Crippen LogP contribution in [0.2, 0.25) is 0 Å². The summed E-state index contributed by atoms with van der Waals surface area (Å²) in [5.41, 5.74) is 1.89. The number of hydrogen-bond acceptors (Lipinski definition) is 2. The normalized spacial score (nSPS) is 20.8. The molecule has 1 saturated heterocycles. The zero-order valence-corrected chi connectivity index (χ0v) is 10.2. The Hall–Kier alpha value is -1.23. The van der Waals surface area contributed by atoms with Gasteiger partial charge in [-0.2, -0.15) is 0 Å². The summed E-state index contributed by atoms with van der Waals surface area (Å²) < 4.78 is 40.2. The van der Waals surface area contributed by atoms with Crippen LogP contribution in [-0.4, -0.2) is 12.9 Å². The van der Waals surface area contributed by atoms with Crippen molar-refractivity contribution in [3.63, 3.8) is 0 Å². The fraction of sp³-hybridized carbons (Fsp3) is 0.538. The van der Waals surface area contributed by atoms with E-state index in [4.69, 9.17) is 0 Å². The average Bonchev–Trinajstić information content (AvgIpc) is 2.28. The fourth-order valence-corrected chi connectivity index (χ4v) is 2.35. The van der Waals surface area contributed by atoms with E-state index < -0.39 is 6.36 Å². The first kappa shape index (κ1) is 13.2. The molecule has 2 nitrogen and oxygen atoms in total. The van der Waals surface area contributed by atoms with Crippen molar-refractivity contribution >= 4 is 0 Å². The van der Waals surface area contributed by atoms with E-state index in [9.17, 15) is 13.2 Å². The number of hydrogen-bond donors (Lipinski definition) is 1. The molecule has 2 rings (SSSR count). The van der Waals surface area contributed by atoms with Crippen molar-refractivity contribution in [2.75, 3.05) is 6.54 Å². The van der Waals surface area contributed by atoms with Crippen molar-refractivity contribution in [2.45, 2.75) is 38.6 Å². The molecule has 1 atom stereocenters. The highest BCUT2D eigenvalue weighted by molar-refractivity contribution is 5.37. The summed E-state index contributed by atoms with van der Waals surface area (Å²) in [6.07, 6.45) is -1.29. The molecular formula is C13H16F3NO. The van der Waals surface area contributed by atoms with E-state index in [-0.39, 0.29) is 11.8 Å². The second kappa shape index (κ2) is 5.18. The van der Waals surface area contributed by atoms with Gasteiger partial charge in [0.05, 0.1) is 0 Å². The van der Waals surface area contributed by atoms with Crippen LogP contribution in [0.25, 0.3) is 0 Å². The minimum absolute atomic E-state index is 0.153. The third kappa shape index (κ3) is 3.38. The van der Waals surface area contributed by atoms with Gasteiger partial charge in [-0.05, 0) is 49.6 Å². The molecule has 0 saturated carbocycles. The zero-order chi connectivity index (χ0) is 13.2. The summed E-state index contributed by atoms with van der Waals surface area (Å²) in [6, 6.07) is 4.80. The minimum atomic E-state index is -4.63. The molecule has 0 bridgehead atoms. The van der Waals surface area contributed by atoms with Gasteiger partial charge in [0, 0.05) is 6.04 Å². The van der Waals surface area contributed by atoms with Crippen LogP contribution >= 0.6 is 0 Å². The topological polar surface area (TPSA) is 21.3 Å². The Labute approximate surface area is 104 Å². The lowest BCUT2D eigenvalue weighted by Crippen LogP contribution is -2.27. The quantitative estimate of drug-likeness (QED) is 0.874. The SMILES string of the molecule is Cc1cc(OC(F)(F)F)ccc1C1CCCCN1. The van der Waals surface area contributed by atoms with E-state index in [1.54, 1.807) is 6.07 Å². The van der Waals surface area contributed by atoms with Crippen LogP contribution in [0.1, 0.15) is 36.4 Å². The third-order valence-corrected chi connectivity index (χ3v) is 3.16. The van der Waals surface area contributed by atoms with Crippen molar-refractivity contribution in [1.82, 2.24) is 5.32 Å². The molecule has 1 aliphatic heterocycles. The first-order valence-corrected chi connectivity index (χ1v) is 6.05. The molecule has 0 radical (unpaired) electrons. The molecule has 18 heavy (non-hydrogen) atoms. The zero-order valence-electron chi connectivity index (χ0n) is 10.2. The minimum Gasteiger partial charge on any atom is -0.406 e. The number of benzene rings is 1. The Morgan fingerprint density at radius 3 is 2.61 bits per heavy atom. The predicted molar refractivity (Wildman–Crippen MR) is 62.5 cm³/mol. The van der Waals surface area contributed by atoms with Gasteiger partial charge >= 0.3 is 6.36 Å². The maximum Gasteiger partial charge on any atom is 0.573 e. The van der Waals surface area contributed by atoms with E-state index in [2.05, 4.69) is 10.1 Å². The monoisotopic (exact) mass is 259 g/mol. The number of rotatable bonds is 2. The third-order valence-electron chi connectivity index (χ3n) is 3.16. The molecule has 0 aliphatic carbocycles. The lowest BCUT2D eigenvalue weighted by molar-refractivity contribution is -0.274. The second-order valence-electron chi connectivity index (χ2n) is 4.57. The molecule has 100 valence electrons. The number of aryl methyl sites for hydroxylation is 1. The van der Waals surface area contributed by atoms with E-state index in [0.717, 1.165) is 36.9 Å². The molecule has 1 aromatic rings. The molecule has 1 fully saturated rings. The summed E-state index contributed by atoms with van der Waals surface area (Å²) in [6.45, 7) is 2.78. The van der Waals surface area contributed by atoms with Crippen LogP contribution in [0.15, 0.2) is 18.2 Å². The fourth-order valence-electron chi connectivity index (χ4n) is 2.35. The van der Waals surface area contributed by atoms with Crippen molar-refractivity contribution in [2.24, 2.45) is 0 Å². The van der Waals surface area contributed by atoms with E-state index in [1.165, 1.54) is 12.1 Å². The standard InChI is InChI=1S/C13H16F3NO/c1-9-8-10(18-13(14,15)16)5-6-11(9)12-4-2-3-7-17-12/h5-6,8,12,17H,2-4,7H2,1H3. The van der Waals surface area contributed by atoms with Gasteiger partial charge in [0.15, 0.2) is 0 Å². The first-order valence-electron chi connectivity index (χ1n) is 6.05. The van der Waals surface area contributed by atoms with Crippen LogP contribution < -0.4 is 10.1 Å². The Morgan fingerprint density at radius 1 is 1.28 bits per heavy atom. The van der Waals surface area contributed by atoms with Crippen molar-refractivity contribution < 1.29 is 17.9 Å². The maximum atomic E-state index is 12.1. The second-order valence-corrected chi connectivity index (χ2v) is 4.57. The van der Waals surface area contributed by atoms with Crippen molar-refractivity contribution in [3.05, 3.63) is 29.3 Å². The predicted octanol–water partition coefficient (Wildman–Crippen LogP) is 3.71. The Bertz CT molecular complexity index is 411. The molecule has 0 spiro atoms. The lowest BCUT2D eigenvalue weighted by atomic mass is 9.94. The number of alkyl halides is 3. The van der Waals surface area contributed by atoms with Crippen LogP contribution in [0, 0.1) is 6.92 Å². The number of ether oxygens (including phenoxy) is 1. The Kier molecular flexibility index (Phi) is 3.80. The molecule has 1 unspecified atom stereocenters. The molecule has 1 heterocycles. The van der Waals surface area contributed by atoms with E-state index in [0.29, 0.717) is 0 Å². The highest BCUT2D eigenvalue weighted by atomic mass is 19.4. The van der Waals surface area contributed by atoms with Crippen LogP contribution in [0.3, 0.4) is 0 Å². The van der Waals surface area contributed by atoms with Gasteiger partial charge in [-0.25, -0.2) is 0 Å². The highest BCUT2D eigenvalue weighted by Gasteiger charge is 2.31. The summed E-state index contributed by atoms with van der Waals surface area (Å²) in [4.78, 5) is 0. The van der Waals surface area contributed by atoms with Gasteiger partial charge in [0.25, 0.3) is 0 Å². The van der Waals surface area contributed by atoms with Crippen molar-refractivity contribution in [3.8, 4) is 5.75 Å². The maximum absolute atomic E-state index is 12.1. The van der Waals surface area contributed by atoms with Gasteiger partial charge in [0.2, 0.25) is 0 Å². The number of piperidine rings is 1. The lowest BCUT2D eigenvalue weighted by Gasteiger charge is -2.25. The number of halogens is 3. The van der Waals surface area contributed by atoms with E-state index in [1.807, 2.05) is 6.92 Å². The van der Waals surface area contributed by atoms with Gasteiger partial charge in [0.1, 0.15) is 5.75 Å². The van der Waals surface area contributed by atoms with Gasteiger partial charge in [-0.15, -0.1) is 13.2 Å². The Balaban J connectivity index is 2.14. The van der Waals surface area contributed by atoms with Gasteiger partial charge in [-0.1, -0.05) is 12.5 Å². The van der Waals surface area contributed by atoms with Crippen LogP contribution in [0.5, 0.6) is 5.75 Å². The summed E-state index contributed by atoms with van der Waals surface area (Å²) in [5.74, 6) is -0.153. The average molecular weight is 259 g/mol. The molecule has 1 N–H and O–H groups in total.